The Labute approximate surface area is 106 Å². The van der Waals surface area contributed by atoms with Crippen LogP contribution in [0.4, 0.5) is 0 Å². The number of aromatic amines is 1. The molecule has 7 heteroatoms. The summed E-state index contributed by atoms with van der Waals surface area (Å²) in [5.41, 5.74) is 0. The zero-order chi connectivity index (χ0) is 12.6. The molecule has 18 heavy (non-hydrogen) atoms. The molecule has 1 aromatic rings. The molecule has 0 aliphatic carbocycles. The molecule has 0 unspecified atom stereocenters. The van der Waals surface area contributed by atoms with Crippen LogP contribution in [0, 0.1) is 0 Å². The van der Waals surface area contributed by atoms with Crippen LogP contribution in [-0.2, 0) is 11.2 Å². The lowest BCUT2D eigenvalue weighted by Gasteiger charge is -2.26. The molecular weight excluding hydrogens is 232 g/mol. The quantitative estimate of drug-likeness (QED) is 0.551. The van der Waals surface area contributed by atoms with E-state index in [1.165, 1.54) is 6.33 Å². The first-order chi connectivity index (χ1) is 8.84. The number of nitrogens with zero attached hydrogens (tertiary/aromatic N) is 3. The standard InChI is InChI=1S/C11H20N6O/c18-11(8-17-6-4-12-5-7-17)13-3-1-2-10-14-9-15-16-10/h9,12H,1-8H2,(H,13,18)(H,14,15,16). The number of rotatable bonds is 6. The van der Waals surface area contributed by atoms with Gasteiger partial charge in [-0.15, -0.1) is 0 Å². The molecule has 1 aromatic heterocycles. The number of piperazine rings is 1. The number of nitrogens with one attached hydrogen (secondary N) is 3. The summed E-state index contributed by atoms with van der Waals surface area (Å²) in [6, 6.07) is 0. The van der Waals surface area contributed by atoms with Gasteiger partial charge >= 0.3 is 0 Å². The van der Waals surface area contributed by atoms with E-state index in [1.54, 1.807) is 0 Å². The highest BCUT2D eigenvalue weighted by Crippen LogP contribution is 1.93. The lowest BCUT2D eigenvalue weighted by atomic mass is 10.3. The molecule has 0 radical (unpaired) electrons. The Morgan fingerprint density at radius 1 is 1.44 bits per heavy atom. The number of carbonyl (C=O) groups is 1. The highest BCUT2D eigenvalue weighted by molar-refractivity contribution is 5.77. The van der Waals surface area contributed by atoms with Gasteiger partial charge in [0, 0.05) is 39.1 Å². The fourth-order valence-corrected chi connectivity index (χ4v) is 1.96. The summed E-state index contributed by atoms with van der Waals surface area (Å²) >= 11 is 0. The Kier molecular flexibility index (Phi) is 5.10. The molecule has 1 saturated heterocycles. The van der Waals surface area contributed by atoms with Crippen molar-refractivity contribution in [2.45, 2.75) is 12.8 Å². The lowest BCUT2D eigenvalue weighted by Crippen LogP contribution is -2.47. The van der Waals surface area contributed by atoms with E-state index in [-0.39, 0.29) is 5.91 Å². The Hall–Kier alpha value is -1.47. The Bertz CT molecular complexity index is 346. The van der Waals surface area contributed by atoms with Crippen molar-refractivity contribution >= 4 is 5.91 Å². The van der Waals surface area contributed by atoms with Gasteiger partial charge in [-0.05, 0) is 6.42 Å². The molecule has 0 saturated carbocycles. The maximum absolute atomic E-state index is 11.7. The van der Waals surface area contributed by atoms with Crippen LogP contribution < -0.4 is 10.6 Å². The second-order valence-electron chi connectivity index (χ2n) is 4.41. The average Bonchev–Trinajstić information content (AvgIpc) is 2.89. The van der Waals surface area contributed by atoms with Crippen molar-refractivity contribution in [1.82, 2.24) is 30.7 Å². The number of aryl methyl sites for hydroxylation is 1. The first-order valence-electron chi connectivity index (χ1n) is 6.38. The summed E-state index contributed by atoms with van der Waals surface area (Å²) in [6.45, 7) is 5.03. The number of hydrogen-bond acceptors (Lipinski definition) is 5. The topological polar surface area (TPSA) is 85.9 Å². The predicted molar refractivity (Wildman–Crippen MR) is 67.0 cm³/mol. The molecule has 0 atom stereocenters. The number of H-pyrrole nitrogens is 1. The van der Waals surface area contributed by atoms with Crippen molar-refractivity contribution < 1.29 is 4.79 Å². The second kappa shape index (κ2) is 7.07. The number of hydrogen-bond donors (Lipinski definition) is 3. The Morgan fingerprint density at radius 2 is 2.28 bits per heavy atom. The second-order valence-corrected chi connectivity index (χ2v) is 4.41. The van der Waals surface area contributed by atoms with Gasteiger partial charge in [0.2, 0.25) is 5.91 Å². The number of aromatic nitrogens is 3. The molecule has 100 valence electrons. The monoisotopic (exact) mass is 252 g/mol. The van der Waals surface area contributed by atoms with Crippen molar-refractivity contribution in [3.63, 3.8) is 0 Å². The predicted octanol–water partition coefficient (Wildman–Crippen LogP) is -1.24. The minimum atomic E-state index is 0.106. The fraction of sp³-hybridized carbons (Fsp3) is 0.727. The minimum Gasteiger partial charge on any atom is -0.355 e. The van der Waals surface area contributed by atoms with E-state index < -0.39 is 0 Å². The summed E-state index contributed by atoms with van der Waals surface area (Å²) in [5, 5.41) is 12.8. The molecule has 1 amide bonds. The van der Waals surface area contributed by atoms with Crippen LogP contribution in [0.25, 0.3) is 0 Å². The van der Waals surface area contributed by atoms with Gasteiger partial charge in [0.1, 0.15) is 12.2 Å². The smallest absolute Gasteiger partial charge is 0.234 e. The van der Waals surface area contributed by atoms with Gasteiger partial charge in [-0.3, -0.25) is 14.8 Å². The molecule has 3 N–H and O–H groups in total. The van der Waals surface area contributed by atoms with Crippen LogP contribution in [0.3, 0.4) is 0 Å². The molecule has 0 bridgehead atoms. The number of amides is 1. The SMILES string of the molecule is O=C(CN1CCNCC1)NCCCc1ncn[nH]1. The largest absolute Gasteiger partial charge is 0.355 e. The molecule has 2 heterocycles. The molecule has 1 aliphatic rings. The zero-order valence-electron chi connectivity index (χ0n) is 10.5. The van der Waals surface area contributed by atoms with Crippen LogP contribution in [0.1, 0.15) is 12.2 Å². The first-order valence-corrected chi connectivity index (χ1v) is 6.38. The molecule has 7 nitrogen and oxygen atoms in total. The highest BCUT2D eigenvalue weighted by Gasteiger charge is 2.12. The third kappa shape index (κ3) is 4.42. The van der Waals surface area contributed by atoms with Crippen molar-refractivity contribution in [3.05, 3.63) is 12.2 Å². The summed E-state index contributed by atoms with van der Waals surface area (Å²) in [4.78, 5) is 17.9. The van der Waals surface area contributed by atoms with Crippen molar-refractivity contribution in [3.8, 4) is 0 Å². The zero-order valence-corrected chi connectivity index (χ0v) is 10.5. The highest BCUT2D eigenvalue weighted by atomic mass is 16.2. The van der Waals surface area contributed by atoms with E-state index in [4.69, 9.17) is 0 Å². The normalized spacial score (nSPS) is 16.7. The van der Waals surface area contributed by atoms with Crippen molar-refractivity contribution in [1.29, 1.82) is 0 Å². The maximum Gasteiger partial charge on any atom is 0.234 e. The molecule has 0 spiro atoms. The molecular formula is C11H20N6O. The maximum atomic E-state index is 11.7. The van der Waals surface area contributed by atoms with Gasteiger partial charge in [-0.1, -0.05) is 0 Å². The average molecular weight is 252 g/mol. The van der Waals surface area contributed by atoms with Crippen molar-refractivity contribution in [2.75, 3.05) is 39.3 Å². The van der Waals surface area contributed by atoms with Gasteiger partial charge in [-0.25, -0.2) is 4.98 Å². The van der Waals surface area contributed by atoms with E-state index in [0.717, 1.165) is 44.8 Å². The molecule has 2 rings (SSSR count). The van der Waals surface area contributed by atoms with Gasteiger partial charge in [-0.2, -0.15) is 5.10 Å². The van der Waals surface area contributed by atoms with Crippen LogP contribution in [-0.4, -0.2) is 65.3 Å². The van der Waals surface area contributed by atoms with Gasteiger partial charge in [0.05, 0.1) is 6.54 Å². The first kappa shape index (κ1) is 13.0. The Balaban J connectivity index is 1.54. The molecule has 0 aromatic carbocycles. The van der Waals surface area contributed by atoms with Crippen LogP contribution in [0.2, 0.25) is 0 Å². The third-order valence-electron chi connectivity index (χ3n) is 2.95. The fourth-order valence-electron chi connectivity index (χ4n) is 1.96. The summed E-state index contributed by atoms with van der Waals surface area (Å²) in [6.07, 6.45) is 3.19. The lowest BCUT2D eigenvalue weighted by molar-refractivity contribution is -0.122. The van der Waals surface area contributed by atoms with E-state index in [9.17, 15) is 4.79 Å². The molecule has 1 fully saturated rings. The van der Waals surface area contributed by atoms with Gasteiger partial charge in [0.25, 0.3) is 0 Å². The summed E-state index contributed by atoms with van der Waals surface area (Å²) in [5.74, 6) is 0.973. The number of carbonyl (C=O) groups excluding carboxylic acids is 1. The summed E-state index contributed by atoms with van der Waals surface area (Å²) < 4.78 is 0. The van der Waals surface area contributed by atoms with Crippen molar-refractivity contribution in [2.24, 2.45) is 0 Å². The Morgan fingerprint density at radius 3 is 3.00 bits per heavy atom. The van der Waals surface area contributed by atoms with E-state index in [1.807, 2.05) is 0 Å². The van der Waals surface area contributed by atoms with E-state index >= 15 is 0 Å². The van der Waals surface area contributed by atoms with Crippen LogP contribution in [0.5, 0.6) is 0 Å². The van der Waals surface area contributed by atoms with Crippen LogP contribution in [0.15, 0.2) is 6.33 Å². The van der Waals surface area contributed by atoms with Crippen LogP contribution >= 0.6 is 0 Å². The van der Waals surface area contributed by atoms with Gasteiger partial charge in [0.15, 0.2) is 0 Å². The van der Waals surface area contributed by atoms with Gasteiger partial charge < -0.3 is 10.6 Å². The van der Waals surface area contributed by atoms with E-state index in [0.29, 0.717) is 13.1 Å². The van der Waals surface area contributed by atoms with E-state index in [2.05, 4.69) is 30.7 Å². The minimum absolute atomic E-state index is 0.106. The molecule has 1 aliphatic heterocycles. The summed E-state index contributed by atoms with van der Waals surface area (Å²) in [7, 11) is 0. The third-order valence-corrected chi connectivity index (χ3v) is 2.95.